The Hall–Kier alpha value is 1.18. The van der Waals surface area contributed by atoms with E-state index >= 15 is 0 Å². The highest BCUT2D eigenvalue weighted by Crippen LogP contribution is 2.09. The maximum absolute atomic E-state index is 2.94. The Bertz CT molecular complexity index is 10.8. The van der Waals surface area contributed by atoms with E-state index in [-0.39, 0.29) is 0 Å². The summed E-state index contributed by atoms with van der Waals surface area (Å²) in [4.78, 5) is 0. The van der Waals surface area contributed by atoms with Gasteiger partial charge in [0, 0.05) is 0 Å². The Balaban J connectivity index is 0. The van der Waals surface area contributed by atoms with Gasteiger partial charge in [0.1, 0.15) is 0 Å². The van der Waals surface area contributed by atoms with E-state index in [9.17, 15) is 0 Å². The summed E-state index contributed by atoms with van der Waals surface area (Å²) in [5.74, 6) is 1.81. The van der Waals surface area contributed by atoms with Crippen LogP contribution in [0.3, 0.4) is 0 Å². The summed E-state index contributed by atoms with van der Waals surface area (Å²) >= 11 is 2.94. The molecule has 0 heterocycles. The number of hydrogen-bond donors (Lipinski definition) is 0. The molecule has 0 bridgehead atoms. The lowest BCUT2D eigenvalue weighted by atomic mass is 12.0. The molecule has 0 atom stereocenters. The SMILES string of the molecule is CBr.CSSC. The molecule has 0 rings (SSSR count). The monoisotopic (exact) mass is 188 g/mol. The van der Waals surface area contributed by atoms with Crippen LogP contribution in [0, 0.1) is 0 Å². The fraction of sp³-hybridized carbons (Fsp3) is 1.00. The van der Waals surface area contributed by atoms with E-state index in [1.807, 2.05) is 5.83 Å². The molecule has 0 saturated heterocycles. The zero-order valence-corrected chi connectivity index (χ0v) is 7.41. The predicted molar refractivity (Wildman–Crippen MR) is 41.9 cm³/mol. The molecule has 0 N–H and O–H groups in total. The average molecular weight is 189 g/mol. The number of halogens is 1. The van der Waals surface area contributed by atoms with Crippen LogP contribution in [0.4, 0.5) is 0 Å². The van der Waals surface area contributed by atoms with Gasteiger partial charge < -0.3 is 0 Å². The first-order valence-electron chi connectivity index (χ1n) is 1.36. The maximum atomic E-state index is 2.94. The quantitative estimate of drug-likeness (QED) is 0.459. The summed E-state index contributed by atoms with van der Waals surface area (Å²) in [5, 5.41) is 0. The third-order valence-electron chi connectivity index (χ3n) is 0.167. The van der Waals surface area contributed by atoms with Crippen molar-refractivity contribution < 1.29 is 0 Å². The summed E-state index contributed by atoms with van der Waals surface area (Å²) in [7, 11) is 3.55. The molecule has 0 aliphatic rings. The van der Waals surface area contributed by atoms with Crippen LogP contribution in [-0.4, -0.2) is 18.3 Å². The van der Waals surface area contributed by atoms with Gasteiger partial charge in [-0.25, -0.2) is 0 Å². The van der Waals surface area contributed by atoms with Crippen molar-refractivity contribution in [1.29, 1.82) is 0 Å². The van der Waals surface area contributed by atoms with Crippen LogP contribution in [0.25, 0.3) is 0 Å². The second-order valence-electron chi connectivity index (χ2n) is 0.333. The second-order valence-corrected chi connectivity index (χ2v) is 3.00. The van der Waals surface area contributed by atoms with E-state index in [1.54, 1.807) is 21.6 Å². The number of rotatable bonds is 1. The van der Waals surface area contributed by atoms with E-state index in [4.69, 9.17) is 0 Å². The van der Waals surface area contributed by atoms with Crippen molar-refractivity contribution in [3.05, 3.63) is 0 Å². The average Bonchev–Trinajstić information content (AvgIpc) is 1.72. The Morgan fingerprint density at radius 2 is 1.17 bits per heavy atom. The molecule has 0 fully saturated rings. The van der Waals surface area contributed by atoms with Crippen molar-refractivity contribution in [2.45, 2.75) is 0 Å². The predicted octanol–water partition coefficient (Wildman–Crippen LogP) is 2.64. The maximum Gasteiger partial charge on any atom is -0.00793 e. The highest BCUT2D eigenvalue weighted by atomic mass is 79.9. The molecule has 6 heavy (non-hydrogen) atoms. The molecule has 40 valence electrons. The summed E-state index contributed by atoms with van der Waals surface area (Å²) in [5.41, 5.74) is 0. The van der Waals surface area contributed by atoms with Gasteiger partial charge in [0.05, 0.1) is 0 Å². The van der Waals surface area contributed by atoms with Crippen LogP contribution < -0.4 is 0 Å². The largest absolute Gasteiger partial charge is 0.0979 e. The van der Waals surface area contributed by atoms with Gasteiger partial charge in [-0.2, -0.15) is 0 Å². The third kappa shape index (κ3) is 19.0. The van der Waals surface area contributed by atoms with E-state index in [2.05, 4.69) is 28.4 Å². The second kappa shape index (κ2) is 16.4. The molecule has 0 aromatic rings. The van der Waals surface area contributed by atoms with Gasteiger partial charge in [0.15, 0.2) is 0 Å². The van der Waals surface area contributed by atoms with Gasteiger partial charge in [-0.05, 0) is 18.3 Å². The highest BCUT2D eigenvalue weighted by molar-refractivity contribution is 9.08. The Morgan fingerprint density at radius 1 is 1.00 bits per heavy atom. The van der Waals surface area contributed by atoms with Crippen molar-refractivity contribution in [1.82, 2.24) is 0 Å². The van der Waals surface area contributed by atoms with Gasteiger partial charge in [-0.3, -0.25) is 0 Å². The first kappa shape index (κ1) is 10.2. The minimum Gasteiger partial charge on any atom is -0.0979 e. The van der Waals surface area contributed by atoms with Crippen LogP contribution in [0.1, 0.15) is 0 Å². The molecular weight excluding hydrogens is 180 g/mol. The van der Waals surface area contributed by atoms with Gasteiger partial charge in [0.2, 0.25) is 0 Å². The highest BCUT2D eigenvalue weighted by Gasteiger charge is 1.55. The Kier molecular flexibility index (Phi) is 27.9. The van der Waals surface area contributed by atoms with Gasteiger partial charge in [-0.1, -0.05) is 37.5 Å². The zero-order chi connectivity index (χ0) is 5.41. The van der Waals surface area contributed by atoms with Gasteiger partial charge >= 0.3 is 0 Å². The molecule has 0 nitrogen and oxygen atoms in total. The molecule has 0 saturated carbocycles. The fourth-order valence-corrected chi connectivity index (χ4v) is 0. The molecule has 0 unspecified atom stereocenters. The molecule has 0 spiro atoms. The lowest BCUT2D eigenvalue weighted by Crippen LogP contribution is -1.28. The Labute approximate surface area is 56.0 Å². The van der Waals surface area contributed by atoms with Crippen LogP contribution in [0.15, 0.2) is 0 Å². The molecule has 0 radical (unpaired) electrons. The smallest absolute Gasteiger partial charge is 0.00793 e. The zero-order valence-electron chi connectivity index (χ0n) is 4.19. The van der Waals surface area contributed by atoms with Crippen molar-refractivity contribution in [3.8, 4) is 0 Å². The topological polar surface area (TPSA) is 0 Å². The molecule has 3 heteroatoms. The first-order chi connectivity index (χ1) is 2.91. The van der Waals surface area contributed by atoms with Crippen molar-refractivity contribution in [2.24, 2.45) is 0 Å². The van der Waals surface area contributed by atoms with Crippen LogP contribution in [-0.2, 0) is 0 Å². The van der Waals surface area contributed by atoms with E-state index in [0.29, 0.717) is 0 Å². The minimum atomic E-state index is 1.77. The summed E-state index contributed by atoms with van der Waals surface area (Å²) in [6, 6.07) is 0. The third-order valence-corrected chi connectivity index (χ3v) is 1.50. The van der Waals surface area contributed by atoms with Crippen molar-refractivity contribution in [2.75, 3.05) is 18.3 Å². The summed E-state index contributed by atoms with van der Waals surface area (Å²) in [6.45, 7) is 0. The normalized spacial score (nSPS) is 6.00. The van der Waals surface area contributed by atoms with E-state index in [1.165, 1.54) is 0 Å². The summed E-state index contributed by atoms with van der Waals surface area (Å²) < 4.78 is 0. The summed E-state index contributed by atoms with van der Waals surface area (Å²) in [6.07, 6.45) is 4.12. The molecule has 0 aliphatic heterocycles. The number of alkyl halides is 1. The lowest BCUT2D eigenvalue weighted by molar-refractivity contribution is 2.51. The van der Waals surface area contributed by atoms with Crippen LogP contribution in [0.5, 0.6) is 0 Å². The van der Waals surface area contributed by atoms with Crippen LogP contribution >= 0.6 is 37.5 Å². The van der Waals surface area contributed by atoms with Gasteiger partial charge in [-0.15, -0.1) is 0 Å². The molecule has 0 aliphatic carbocycles. The Morgan fingerprint density at radius 3 is 1.17 bits per heavy atom. The van der Waals surface area contributed by atoms with Crippen molar-refractivity contribution >= 4 is 37.5 Å². The molecule has 0 aromatic carbocycles. The number of hydrogen-bond acceptors (Lipinski definition) is 2. The van der Waals surface area contributed by atoms with Crippen molar-refractivity contribution in [3.63, 3.8) is 0 Å². The van der Waals surface area contributed by atoms with Gasteiger partial charge in [0.25, 0.3) is 0 Å². The standard InChI is InChI=1S/C2H6S2.CH3Br/c1-3-4-2;1-2/h1-2H3;1H3. The molecule has 0 aromatic heterocycles. The fourth-order valence-electron chi connectivity index (χ4n) is 0. The molecule has 0 amide bonds. The van der Waals surface area contributed by atoms with E-state index in [0.717, 1.165) is 0 Å². The minimum absolute atomic E-state index is 1.77. The first-order valence-corrected chi connectivity index (χ1v) is 5.91. The molecular formula is C3H9BrS2. The van der Waals surface area contributed by atoms with Crippen LogP contribution in [0.2, 0.25) is 0 Å². The lowest BCUT2D eigenvalue weighted by Gasteiger charge is -1.69. The van der Waals surface area contributed by atoms with E-state index < -0.39 is 0 Å².